The Kier molecular flexibility index (Phi) is 3.35. The largest absolute Gasteiger partial charge is 0.245 e. The van der Waals surface area contributed by atoms with Crippen LogP contribution in [0.4, 0.5) is 4.39 Å². The van der Waals surface area contributed by atoms with Gasteiger partial charge in [-0.1, -0.05) is 72.8 Å². The molecule has 4 rings (SSSR count). The summed E-state index contributed by atoms with van der Waals surface area (Å²) in [6, 6.07) is 27.0. The summed E-state index contributed by atoms with van der Waals surface area (Å²) in [5, 5.41) is 0.830. The SMILES string of the molecule is Fc1cccc2c(-c3ccccc3)cc(-c3ccccc3)nc12. The smallest absolute Gasteiger partial charge is 0.149 e. The lowest BCUT2D eigenvalue weighted by molar-refractivity contribution is 0.637. The van der Waals surface area contributed by atoms with Crippen LogP contribution >= 0.6 is 0 Å². The van der Waals surface area contributed by atoms with Crippen molar-refractivity contribution in [2.24, 2.45) is 0 Å². The maximum atomic E-state index is 14.3. The Morgan fingerprint density at radius 1 is 0.652 bits per heavy atom. The van der Waals surface area contributed by atoms with E-state index in [1.165, 1.54) is 6.07 Å². The molecule has 0 aliphatic heterocycles. The number of fused-ring (bicyclic) bond motifs is 1. The molecule has 0 saturated heterocycles. The molecule has 0 aliphatic rings. The molecule has 0 amide bonds. The van der Waals surface area contributed by atoms with Gasteiger partial charge in [-0.3, -0.25) is 0 Å². The fraction of sp³-hybridized carbons (Fsp3) is 0. The van der Waals surface area contributed by atoms with Crippen molar-refractivity contribution in [2.75, 3.05) is 0 Å². The van der Waals surface area contributed by atoms with Crippen LogP contribution in [-0.2, 0) is 0 Å². The second-order valence-electron chi connectivity index (χ2n) is 5.42. The highest BCUT2D eigenvalue weighted by molar-refractivity contribution is 5.96. The number of aromatic nitrogens is 1. The van der Waals surface area contributed by atoms with E-state index >= 15 is 0 Å². The summed E-state index contributed by atoms with van der Waals surface area (Å²) in [6.07, 6.45) is 0. The van der Waals surface area contributed by atoms with Crippen LogP contribution in [0.2, 0.25) is 0 Å². The highest BCUT2D eigenvalue weighted by Crippen LogP contribution is 2.32. The summed E-state index contributed by atoms with van der Waals surface area (Å²) >= 11 is 0. The van der Waals surface area contributed by atoms with Gasteiger partial charge in [0, 0.05) is 10.9 Å². The summed E-state index contributed by atoms with van der Waals surface area (Å²) in [7, 11) is 0. The molecule has 0 radical (unpaired) electrons. The van der Waals surface area contributed by atoms with Crippen molar-refractivity contribution in [1.82, 2.24) is 4.98 Å². The van der Waals surface area contributed by atoms with E-state index in [2.05, 4.69) is 4.98 Å². The quantitative estimate of drug-likeness (QED) is 0.462. The molecule has 2 heteroatoms. The molecule has 0 atom stereocenters. The third-order valence-corrected chi connectivity index (χ3v) is 3.94. The highest BCUT2D eigenvalue weighted by Gasteiger charge is 2.11. The van der Waals surface area contributed by atoms with Crippen LogP contribution in [-0.4, -0.2) is 4.98 Å². The van der Waals surface area contributed by atoms with Gasteiger partial charge in [0.1, 0.15) is 11.3 Å². The summed E-state index contributed by atoms with van der Waals surface area (Å²) in [4.78, 5) is 4.56. The number of halogens is 1. The zero-order chi connectivity index (χ0) is 15.6. The van der Waals surface area contributed by atoms with E-state index in [0.717, 1.165) is 27.8 Å². The van der Waals surface area contributed by atoms with Gasteiger partial charge in [0.25, 0.3) is 0 Å². The molecule has 1 nitrogen and oxygen atoms in total. The van der Waals surface area contributed by atoms with Crippen LogP contribution in [0.3, 0.4) is 0 Å². The van der Waals surface area contributed by atoms with Crippen molar-refractivity contribution in [2.45, 2.75) is 0 Å². The molecule has 1 aromatic heterocycles. The molecule has 1 heterocycles. The molecule has 0 aliphatic carbocycles. The van der Waals surface area contributed by atoms with Crippen LogP contribution in [0.15, 0.2) is 84.9 Å². The third-order valence-electron chi connectivity index (χ3n) is 3.94. The maximum Gasteiger partial charge on any atom is 0.149 e. The van der Waals surface area contributed by atoms with Gasteiger partial charge < -0.3 is 0 Å². The molecule has 4 aromatic rings. The Morgan fingerprint density at radius 2 is 1.30 bits per heavy atom. The first-order valence-electron chi connectivity index (χ1n) is 7.53. The summed E-state index contributed by atoms with van der Waals surface area (Å²) in [5.74, 6) is -0.294. The van der Waals surface area contributed by atoms with Crippen molar-refractivity contribution < 1.29 is 4.39 Å². The first-order valence-corrected chi connectivity index (χ1v) is 7.53. The van der Waals surface area contributed by atoms with Gasteiger partial charge >= 0.3 is 0 Å². The molecule has 0 saturated carbocycles. The lowest BCUT2D eigenvalue weighted by atomic mass is 9.98. The van der Waals surface area contributed by atoms with Crippen molar-refractivity contribution in [1.29, 1.82) is 0 Å². The minimum absolute atomic E-state index is 0.294. The lowest BCUT2D eigenvalue weighted by Crippen LogP contribution is -1.92. The lowest BCUT2D eigenvalue weighted by Gasteiger charge is -2.11. The van der Waals surface area contributed by atoms with Gasteiger partial charge in [-0.25, -0.2) is 9.37 Å². The molecular formula is C21H14FN. The van der Waals surface area contributed by atoms with E-state index < -0.39 is 0 Å². The number of rotatable bonds is 2. The number of benzene rings is 3. The number of hydrogen-bond acceptors (Lipinski definition) is 1. The summed E-state index contributed by atoms with van der Waals surface area (Å²) < 4.78 is 14.3. The van der Waals surface area contributed by atoms with Gasteiger partial charge in [0.15, 0.2) is 0 Å². The van der Waals surface area contributed by atoms with Crippen LogP contribution in [0, 0.1) is 5.82 Å². The van der Waals surface area contributed by atoms with E-state index in [1.54, 1.807) is 6.07 Å². The maximum absolute atomic E-state index is 14.3. The number of nitrogens with zero attached hydrogens (tertiary/aromatic N) is 1. The zero-order valence-corrected chi connectivity index (χ0v) is 12.4. The number of para-hydroxylation sites is 1. The Labute approximate surface area is 134 Å². The van der Waals surface area contributed by atoms with E-state index in [-0.39, 0.29) is 5.82 Å². The average molecular weight is 299 g/mol. The Morgan fingerprint density at radius 3 is 2.00 bits per heavy atom. The Bertz CT molecular complexity index is 963. The van der Waals surface area contributed by atoms with E-state index in [9.17, 15) is 4.39 Å². The number of pyridine rings is 1. The van der Waals surface area contributed by atoms with Gasteiger partial charge in [-0.2, -0.15) is 0 Å². The van der Waals surface area contributed by atoms with Crippen LogP contribution in [0.1, 0.15) is 0 Å². The van der Waals surface area contributed by atoms with Crippen molar-refractivity contribution in [3.8, 4) is 22.4 Å². The third kappa shape index (κ3) is 2.49. The summed E-state index contributed by atoms with van der Waals surface area (Å²) in [6.45, 7) is 0. The molecule has 0 fully saturated rings. The molecule has 0 spiro atoms. The highest BCUT2D eigenvalue weighted by atomic mass is 19.1. The average Bonchev–Trinajstić information content (AvgIpc) is 2.63. The standard InChI is InChI=1S/C21H14FN/c22-19-13-7-12-17-18(15-8-3-1-4-9-15)14-20(23-21(17)19)16-10-5-2-6-11-16/h1-14H. The molecule has 0 unspecified atom stereocenters. The monoisotopic (exact) mass is 299 g/mol. The molecular weight excluding hydrogens is 285 g/mol. The van der Waals surface area contributed by atoms with Crippen molar-refractivity contribution in [3.05, 3.63) is 90.7 Å². The minimum atomic E-state index is -0.294. The first-order chi connectivity index (χ1) is 11.3. The summed E-state index contributed by atoms with van der Waals surface area (Å²) in [5.41, 5.74) is 4.22. The number of hydrogen-bond donors (Lipinski definition) is 0. The second-order valence-corrected chi connectivity index (χ2v) is 5.42. The second kappa shape index (κ2) is 5.65. The van der Waals surface area contributed by atoms with E-state index in [0.29, 0.717) is 5.52 Å². The minimum Gasteiger partial charge on any atom is -0.245 e. The normalized spacial score (nSPS) is 10.8. The molecule has 0 bridgehead atoms. The molecule has 3 aromatic carbocycles. The van der Waals surface area contributed by atoms with Crippen molar-refractivity contribution >= 4 is 10.9 Å². The van der Waals surface area contributed by atoms with Crippen LogP contribution < -0.4 is 0 Å². The predicted molar refractivity (Wildman–Crippen MR) is 92.6 cm³/mol. The van der Waals surface area contributed by atoms with Gasteiger partial charge in [0.05, 0.1) is 5.69 Å². The van der Waals surface area contributed by atoms with Gasteiger partial charge in [-0.05, 0) is 23.3 Å². The van der Waals surface area contributed by atoms with E-state index in [4.69, 9.17) is 0 Å². The van der Waals surface area contributed by atoms with Gasteiger partial charge in [-0.15, -0.1) is 0 Å². The fourth-order valence-electron chi connectivity index (χ4n) is 2.83. The topological polar surface area (TPSA) is 12.9 Å². The molecule has 0 N–H and O–H groups in total. The zero-order valence-electron chi connectivity index (χ0n) is 12.4. The van der Waals surface area contributed by atoms with Crippen LogP contribution in [0.25, 0.3) is 33.3 Å². The van der Waals surface area contributed by atoms with Crippen molar-refractivity contribution in [3.63, 3.8) is 0 Å². The van der Waals surface area contributed by atoms with E-state index in [1.807, 2.05) is 72.8 Å². The fourth-order valence-corrected chi connectivity index (χ4v) is 2.83. The molecule has 23 heavy (non-hydrogen) atoms. The van der Waals surface area contributed by atoms with Gasteiger partial charge in [0.2, 0.25) is 0 Å². The first kappa shape index (κ1) is 13.6. The van der Waals surface area contributed by atoms with Crippen LogP contribution in [0.5, 0.6) is 0 Å². The molecule has 110 valence electrons. The Balaban J connectivity index is 2.06. The Hall–Kier alpha value is -3.00. The predicted octanol–water partition coefficient (Wildman–Crippen LogP) is 5.71.